The molecule has 0 aliphatic heterocycles. The number of hydrogen-bond donors (Lipinski definition) is 2. The molecule has 0 spiro atoms. The first-order valence-corrected chi connectivity index (χ1v) is 9.95. The number of nitrogens with one attached hydrogen (secondary N) is 2. The maximum absolute atomic E-state index is 12.8. The number of benzene rings is 2. The third kappa shape index (κ3) is 5.09. The second-order valence-corrected chi connectivity index (χ2v) is 7.95. The lowest BCUT2D eigenvalue weighted by atomic mass is 10.3. The van der Waals surface area contributed by atoms with Crippen LogP contribution >= 0.6 is 11.6 Å². The predicted molar refractivity (Wildman–Crippen MR) is 110 cm³/mol. The summed E-state index contributed by atoms with van der Waals surface area (Å²) < 4.78 is 29.6. The van der Waals surface area contributed by atoms with Crippen LogP contribution in [0.15, 0.2) is 64.9 Å². The molecule has 0 amide bonds. The van der Waals surface area contributed by atoms with Gasteiger partial charge in [0.25, 0.3) is 15.7 Å². The van der Waals surface area contributed by atoms with Gasteiger partial charge < -0.3 is 0 Å². The molecule has 0 saturated heterocycles. The highest BCUT2D eigenvalue weighted by atomic mass is 35.5. The topological polar surface area (TPSA) is 132 Å². The van der Waals surface area contributed by atoms with Crippen LogP contribution in [0.3, 0.4) is 0 Å². The van der Waals surface area contributed by atoms with Gasteiger partial charge in [0.1, 0.15) is 4.90 Å². The number of nitro groups is 1. The van der Waals surface area contributed by atoms with E-state index in [1.807, 2.05) is 0 Å². The highest BCUT2D eigenvalue weighted by molar-refractivity contribution is 7.92. The van der Waals surface area contributed by atoms with Gasteiger partial charge in [-0.05, 0) is 30.3 Å². The maximum atomic E-state index is 12.8. The number of anilines is 2. The molecule has 29 heavy (non-hydrogen) atoms. The summed E-state index contributed by atoms with van der Waals surface area (Å²) in [4.78, 5) is 10.1. The minimum Gasteiger partial charge on any atom is -0.280 e. The second kappa shape index (κ2) is 8.29. The lowest BCUT2D eigenvalue weighted by molar-refractivity contribution is -0.385. The summed E-state index contributed by atoms with van der Waals surface area (Å²) in [6.07, 6.45) is 4.72. The van der Waals surface area contributed by atoms with Crippen LogP contribution in [0.5, 0.6) is 0 Å². The smallest absolute Gasteiger partial charge is 0.270 e. The van der Waals surface area contributed by atoms with Gasteiger partial charge >= 0.3 is 0 Å². The van der Waals surface area contributed by atoms with Gasteiger partial charge in [0.05, 0.1) is 23.0 Å². The van der Waals surface area contributed by atoms with Gasteiger partial charge in [-0.3, -0.25) is 24.9 Å². The summed E-state index contributed by atoms with van der Waals surface area (Å²) in [6, 6.07) is 9.41. The molecule has 0 radical (unpaired) electrons. The van der Waals surface area contributed by atoms with Crippen LogP contribution in [0, 0.1) is 10.1 Å². The Morgan fingerprint density at radius 2 is 1.97 bits per heavy atom. The van der Waals surface area contributed by atoms with Gasteiger partial charge in [-0.15, -0.1) is 0 Å². The minimum absolute atomic E-state index is 0.0669. The van der Waals surface area contributed by atoms with E-state index in [2.05, 4.69) is 20.3 Å². The fraction of sp³-hybridized carbons (Fsp3) is 0.0588. The highest BCUT2D eigenvalue weighted by Gasteiger charge is 2.22. The van der Waals surface area contributed by atoms with Gasteiger partial charge in [-0.1, -0.05) is 11.6 Å². The van der Waals surface area contributed by atoms with Crippen molar-refractivity contribution < 1.29 is 13.3 Å². The number of aromatic nitrogens is 2. The standard InChI is InChI=1S/C17H15ClN6O4S/c1-23-11-12(10-20-23)9-19-21-16-7-6-15(24(25)26)8-17(16)29(27,28)22-14-4-2-13(18)3-5-14/h2-11,21-22H,1H3/b19-9+. The van der Waals surface area contributed by atoms with Crippen molar-refractivity contribution >= 4 is 44.9 Å². The average Bonchev–Trinajstić information content (AvgIpc) is 3.08. The molecule has 3 rings (SSSR count). The number of aryl methyl sites for hydroxylation is 1. The first-order valence-electron chi connectivity index (χ1n) is 8.09. The molecule has 1 heterocycles. The summed E-state index contributed by atoms with van der Waals surface area (Å²) in [5.74, 6) is 0. The van der Waals surface area contributed by atoms with Crippen molar-refractivity contribution in [1.82, 2.24) is 9.78 Å². The maximum Gasteiger partial charge on any atom is 0.270 e. The molecule has 150 valence electrons. The number of nitro benzene ring substituents is 1. The van der Waals surface area contributed by atoms with Crippen molar-refractivity contribution in [3.8, 4) is 0 Å². The molecule has 10 nitrogen and oxygen atoms in total. The molecular weight excluding hydrogens is 420 g/mol. The number of hydrogen-bond acceptors (Lipinski definition) is 7. The van der Waals surface area contributed by atoms with Gasteiger partial charge in [-0.2, -0.15) is 10.2 Å². The Morgan fingerprint density at radius 3 is 2.59 bits per heavy atom. The molecule has 0 fully saturated rings. The van der Waals surface area contributed by atoms with E-state index in [1.165, 1.54) is 42.6 Å². The number of non-ortho nitro benzene ring substituents is 1. The third-order valence-electron chi connectivity index (χ3n) is 3.69. The zero-order chi connectivity index (χ0) is 21.0. The first-order chi connectivity index (χ1) is 13.7. The largest absolute Gasteiger partial charge is 0.280 e. The monoisotopic (exact) mass is 434 g/mol. The molecule has 0 aliphatic rings. The highest BCUT2D eigenvalue weighted by Crippen LogP contribution is 2.28. The summed E-state index contributed by atoms with van der Waals surface area (Å²) in [6.45, 7) is 0. The number of hydrazone groups is 1. The van der Waals surface area contributed by atoms with Crippen molar-refractivity contribution in [1.29, 1.82) is 0 Å². The van der Waals surface area contributed by atoms with E-state index < -0.39 is 14.9 Å². The molecule has 2 aromatic carbocycles. The minimum atomic E-state index is -4.15. The zero-order valence-electron chi connectivity index (χ0n) is 15.0. The Kier molecular flexibility index (Phi) is 5.80. The molecule has 0 saturated carbocycles. The molecule has 0 aliphatic carbocycles. The summed E-state index contributed by atoms with van der Waals surface area (Å²) >= 11 is 5.81. The molecule has 0 bridgehead atoms. The van der Waals surface area contributed by atoms with E-state index in [9.17, 15) is 18.5 Å². The van der Waals surface area contributed by atoms with Crippen molar-refractivity contribution in [2.45, 2.75) is 4.90 Å². The van der Waals surface area contributed by atoms with Crippen LogP contribution in [0.4, 0.5) is 17.1 Å². The molecule has 0 unspecified atom stereocenters. The third-order valence-corrected chi connectivity index (χ3v) is 5.36. The Balaban J connectivity index is 1.93. The number of rotatable bonds is 7. The van der Waals surface area contributed by atoms with Crippen LogP contribution in [0.1, 0.15) is 5.56 Å². The van der Waals surface area contributed by atoms with E-state index in [1.54, 1.807) is 24.1 Å². The van der Waals surface area contributed by atoms with E-state index in [0.29, 0.717) is 10.6 Å². The Bertz CT molecular complexity index is 1170. The fourth-order valence-electron chi connectivity index (χ4n) is 2.35. The average molecular weight is 435 g/mol. The zero-order valence-corrected chi connectivity index (χ0v) is 16.6. The van der Waals surface area contributed by atoms with Crippen LogP contribution in [-0.4, -0.2) is 29.3 Å². The number of halogens is 1. The second-order valence-electron chi connectivity index (χ2n) is 5.87. The van der Waals surface area contributed by atoms with Gasteiger partial charge in [0.2, 0.25) is 0 Å². The number of nitrogens with zero attached hydrogens (tertiary/aromatic N) is 4. The lowest BCUT2D eigenvalue weighted by Crippen LogP contribution is -2.15. The van der Waals surface area contributed by atoms with E-state index >= 15 is 0 Å². The van der Waals surface area contributed by atoms with Crippen molar-refractivity contribution in [2.75, 3.05) is 10.1 Å². The van der Waals surface area contributed by atoms with Gasteiger partial charge in [0, 0.05) is 41.7 Å². The van der Waals surface area contributed by atoms with Crippen molar-refractivity contribution in [3.63, 3.8) is 0 Å². The van der Waals surface area contributed by atoms with Gasteiger partial charge in [-0.25, -0.2) is 8.42 Å². The molecule has 1 aromatic heterocycles. The molecular formula is C17H15ClN6O4S. The Hall–Kier alpha value is -3.44. The first kappa shape index (κ1) is 20.3. The Morgan fingerprint density at radius 1 is 1.24 bits per heavy atom. The number of sulfonamides is 1. The fourth-order valence-corrected chi connectivity index (χ4v) is 3.71. The normalized spacial score (nSPS) is 11.5. The van der Waals surface area contributed by atoms with Crippen LogP contribution < -0.4 is 10.1 Å². The molecule has 2 N–H and O–H groups in total. The van der Waals surface area contributed by atoms with Crippen molar-refractivity contribution in [3.05, 3.63) is 75.6 Å². The van der Waals surface area contributed by atoms with Gasteiger partial charge in [0.15, 0.2) is 0 Å². The van der Waals surface area contributed by atoms with E-state index in [4.69, 9.17) is 11.6 Å². The van der Waals surface area contributed by atoms with Crippen molar-refractivity contribution in [2.24, 2.45) is 12.1 Å². The van der Waals surface area contributed by atoms with E-state index in [0.717, 1.165) is 6.07 Å². The quantitative estimate of drug-likeness (QED) is 0.333. The summed E-state index contributed by atoms with van der Waals surface area (Å²) in [5.41, 5.74) is 3.24. The molecule has 0 atom stereocenters. The predicted octanol–water partition coefficient (Wildman–Crippen LogP) is 3.23. The molecule has 12 heteroatoms. The molecule has 3 aromatic rings. The van der Waals surface area contributed by atoms with E-state index in [-0.39, 0.29) is 22.0 Å². The summed E-state index contributed by atoms with van der Waals surface area (Å²) in [7, 11) is -2.41. The summed E-state index contributed by atoms with van der Waals surface area (Å²) in [5, 5.41) is 19.5. The lowest BCUT2D eigenvalue weighted by Gasteiger charge is -2.12. The SMILES string of the molecule is Cn1cc(/C=N/Nc2ccc([N+](=O)[O-])cc2S(=O)(=O)Nc2ccc(Cl)cc2)cn1. The Labute approximate surface area is 171 Å². The van der Waals surface area contributed by atoms with Crippen LogP contribution in [0.2, 0.25) is 5.02 Å². The van der Waals surface area contributed by atoms with Crippen LogP contribution in [0.25, 0.3) is 0 Å². The van der Waals surface area contributed by atoms with Crippen LogP contribution in [-0.2, 0) is 17.1 Å².